The summed E-state index contributed by atoms with van der Waals surface area (Å²) in [6.45, 7) is 3.81. The van der Waals surface area contributed by atoms with E-state index in [-0.39, 0.29) is 30.5 Å². The van der Waals surface area contributed by atoms with E-state index in [4.69, 9.17) is 4.74 Å². The molecule has 1 atom stereocenters. The third kappa shape index (κ3) is 8.81. The van der Waals surface area contributed by atoms with Crippen LogP contribution < -0.4 is 14.4 Å². The molecule has 10 heteroatoms. The fraction of sp³-hybridized carbons (Fsp3) is 0.333. The highest BCUT2D eigenvalue weighted by Crippen LogP contribution is 2.22. The molecule has 8 nitrogen and oxygen atoms in total. The second kappa shape index (κ2) is 13.9. The maximum atomic E-state index is 14.0. The minimum atomic E-state index is -3.93. The fourth-order valence-corrected chi connectivity index (χ4v) is 5.01. The number of ether oxygens (including phenoxy) is 1. The van der Waals surface area contributed by atoms with Gasteiger partial charge in [-0.1, -0.05) is 56.3 Å². The Hall–Kier alpha value is -3.92. The number of benzene rings is 3. The van der Waals surface area contributed by atoms with Crippen LogP contribution in [0.15, 0.2) is 78.9 Å². The molecule has 0 bridgehead atoms. The van der Waals surface area contributed by atoms with Crippen molar-refractivity contribution in [2.24, 2.45) is 5.92 Å². The normalized spacial score (nSPS) is 12.1. The zero-order chi connectivity index (χ0) is 29.3. The minimum Gasteiger partial charge on any atom is -0.497 e. The summed E-state index contributed by atoms with van der Waals surface area (Å²) in [4.78, 5) is 29.0. The van der Waals surface area contributed by atoms with Gasteiger partial charge in [-0.15, -0.1) is 0 Å². The van der Waals surface area contributed by atoms with E-state index in [1.807, 2.05) is 50.2 Å². The van der Waals surface area contributed by atoms with Crippen molar-refractivity contribution in [1.29, 1.82) is 0 Å². The predicted octanol–water partition coefficient (Wildman–Crippen LogP) is 4.01. The number of halogens is 1. The topological polar surface area (TPSA) is 96.0 Å². The van der Waals surface area contributed by atoms with Crippen molar-refractivity contribution in [3.05, 3.63) is 95.8 Å². The molecule has 0 aliphatic rings. The van der Waals surface area contributed by atoms with E-state index in [9.17, 15) is 22.4 Å². The SMILES string of the molecule is COc1cccc(CN(C(=O)CN(c2ccc(F)cc2)S(C)(=O)=O)[C@@H](Cc2ccccc2)C(=O)NCC(C)C)c1. The van der Waals surface area contributed by atoms with Gasteiger partial charge in [0.05, 0.1) is 19.1 Å². The van der Waals surface area contributed by atoms with Gasteiger partial charge in [0.15, 0.2) is 0 Å². The van der Waals surface area contributed by atoms with Crippen molar-refractivity contribution >= 4 is 27.5 Å². The van der Waals surface area contributed by atoms with E-state index >= 15 is 0 Å². The zero-order valence-electron chi connectivity index (χ0n) is 23.2. The number of nitrogens with one attached hydrogen (secondary N) is 1. The van der Waals surface area contributed by atoms with Crippen molar-refractivity contribution in [1.82, 2.24) is 10.2 Å². The molecule has 0 aromatic heterocycles. The molecule has 3 aromatic carbocycles. The van der Waals surface area contributed by atoms with Crippen LogP contribution in [0.5, 0.6) is 5.75 Å². The summed E-state index contributed by atoms with van der Waals surface area (Å²) in [6.07, 6.45) is 1.20. The number of sulfonamides is 1. The van der Waals surface area contributed by atoms with Gasteiger partial charge in [-0.25, -0.2) is 12.8 Å². The molecule has 1 N–H and O–H groups in total. The Morgan fingerprint density at radius 1 is 0.950 bits per heavy atom. The average molecular weight is 570 g/mol. The van der Waals surface area contributed by atoms with Crippen LogP contribution in [-0.2, 0) is 32.6 Å². The van der Waals surface area contributed by atoms with Crippen LogP contribution in [0.3, 0.4) is 0 Å². The van der Waals surface area contributed by atoms with Crippen LogP contribution >= 0.6 is 0 Å². The number of methoxy groups -OCH3 is 1. The zero-order valence-corrected chi connectivity index (χ0v) is 24.0. The van der Waals surface area contributed by atoms with Crippen LogP contribution in [-0.4, -0.2) is 57.6 Å². The molecule has 0 saturated carbocycles. The molecule has 0 saturated heterocycles. The summed E-state index contributed by atoms with van der Waals surface area (Å²) in [5.74, 6) is -0.700. The number of nitrogens with zero attached hydrogens (tertiary/aromatic N) is 2. The fourth-order valence-electron chi connectivity index (χ4n) is 4.17. The maximum absolute atomic E-state index is 14.0. The molecule has 3 aromatic rings. The molecule has 214 valence electrons. The van der Waals surface area contributed by atoms with Gasteiger partial charge in [0.2, 0.25) is 21.8 Å². The van der Waals surface area contributed by atoms with Crippen LogP contribution in [0.1, 0.15) is 25.0 Å². The Morgan fingerprint density at radius 2 is 1.60 bits per heavy atom. The Labute approximate surface area is 235 Å². The highest BCUT2D eigenvalue weighted by Gasteiger charge is 2.33. The number of rotatable bonds is 13. The average Bonchev–Trinajstić information content (AvgIpc) is 2.92. The molecule has 2 amide bonds. The van der Waals surface area contributed by atoms with Crippen molar-refractivity contribution in [2.75, 3.05) is 30.8 Å². The number of carbonyl (C=O) groups excluding carboxylic acids is 2. The summed E-state index contributed by atoms with van der Waals surface area (Å²) >= 11 is 0. The Morgan fingerprint density at radius 3 is 2.20 bits per heavy atom. The van der Waals surface area contributed by atoms with Gasteiger partial charge in [-0.3, -0.25) is 13.9 Å². The molecular weight excluding hydrogens is 533 g/mol. The highest BCUT2D eigenvalue weighted by atomic mass is 32.2. The molecule has 0 aliphatic heterocycles. The lowest BCUT2D eigenvalue weighted by molar-refractivity contribution is -0.140. The highest BCUT2D eigenvalue weighted by molar-refractivity contribution is 7.92. The summed E-state index contributed by atoms with van der Waals surface area (Å²) in [5.41, 5.74) is 1.69. The van der Waals surface area contributed by atoms with E-state index in [1.165, 1.54) is 24.1 Å². The molecule has 0 aliphatic carbocycles. The second-order valence-corrected chi connectivity index (χ2v) is 11.9. The van der Waals surface area contributed by atoms with Gasteiger partial charge in [0.1, 0.15) is 24.2 Å². The molecule has 0 unspecified atom stereocenters. The maximum Gasteiger partial charge on any atom is 0.244 e. The first-order valence-electron chi connectivity index (χ1n) is 12.9. The van der Waals surface area contributed by atoms with Crippen LogP contribution in [0, 0.1) is 11.7 Å². The third-order valence-electron chi connectivity index (χ3n) is 6.24. The van der Waals surface area contributed by atoms with Crippen molar-refractivity contribution in [2.45, 2.75) is 32.9 Å². The molecule has 3 rings (SSSR count). The van der Waals surface area contributed by atoms with Crippen molar-refractivity contribution < 1.29 is 27.1 Å². The Bertz CT molecular complexity index is 1380. The molecule has 40 heavy (non-hydrogen) atoms. The minimum absolute atomic E-state index is 0.0314. The first kappa shape index (κ1) is 30.6. The van der Waals surface area contributed by atoms with Gasteiger partial charge in [-0.2, -0.15) is 0 Å². The standard InChI is InChI=1S/C30H36FN3O5S/c1-22(2)19-32-30(36)28(18-23-9-6-5-7-10-23)33(20-24-11-8-12-27(17-24)39-3)29(35)21-34(40(4,37)38)26-15-13-25(31)14-16-26/h5-17,22,28H,18-21H2,1-4H3,(H,32,36)/t28-/m0/s1. The number of hydrogen-bond donors (Lipinski definition) is 1. The lowest BCUT2D eigenvalue weighted by Crippen LogP contribution is -2.53. The van der Waals surface area contributed by atoms with Crippen LogP contribution in [0.25, 0.3) is 0 Å². The van der Waals surface area contributed by atoms with Gasteiger partial charge < -0.3 is 15.0 Å². The number of amides is 2. The van der Waals surface area contributed by atoms with Crippen molar-refractivity contribution in [3.8, 4) is 5.75 Å². The monoisotopic (exact) mass is 569 g/mol. The lowest BCUT2D eigenvalue weighted by atomic mass is 10.0. The Balaban J connectivity index is 2.05. The number of carbonyl (C=O) groups is 2. The predicted molar refractivity (Wildman–Crippen MR) is 154 cm³/mol. The van der Waals surface area contributed by atoms with E-state index < -0.39 is 34.3 Å². The van der Waals surface area contributed by atoms with Gasteiger partial charge >= 0.3 is 0 Å². The first-order valence-corrected chi connectivity index (χ1v) is 14.8. The quantitative estimate of drug-likeness (QED) is 0.336. The second-order valence-electron chi connectivity index (χ2n) is 9.96. The third-order valence-corrected chi connectivity index (χ3v) is 7.38. The largest absolute Gasteiger partial charge is 0.497 e. The number of anilines is 1. The Kier molecular flexibility index (Phi) is 10.7. The van der Waals surface area contributed by atoms with Crippen molar-refractivity contribution in [3.63, 3.8) is 0 Å². The lowest BCUT2D eigenvalue weighted by Gasteiger charge is -2.33. The van der Waals surface area contributed by atoms with E-state index in [2.05, 4.69) is 5.32 Å². The number of hydrogen-bond acceptors (Lipinski definition) is 5. The van der Waals surface area contributed by atoms with Gasteiger partial charge in [0.25, 0.3) is 0 Å². The van der Waals surface area contributed by atoms with E-state index in [0.29, 0.717) is 17.9 Å². The smallest absolute Gasteiger partial charge is 0.244 e. The van der Waals surface area contributed by atoms with Crippen LogP contribution in [0.2, 0.25) is 0 Å². The van der Waals surface area contributed by atoms with E-state index in [1.54, 1.807) is 18.2 Å². The molecule has 0 fully saturated rings. The van der Waals surface area contributed by atoms with Gasteiger partial charge in [0, 0.05) is 19.5 Å². The summed E-state index contributed by atoms with van der Waals surface area (Å²) in [5, 5.41) is 2.94. The van der Waals surface area contributed by atoms with Crippen LogP contribution in [0.4, 0.5) is 10.1 Å². The summed E-state index contributed by atoms with van der Waals surface area (Å²) in [6, 6.07) is 20.4. The summed E-state index contributed by atoms with van der Waals surface area (Å²) in [7, 11) is -2.39. The van der Waals surface area contributed by atoms with Gasteiger partial charge in [-0.05, 0) is 53.4 Å². The molecule has 0 radical (unpaired) electrons. The molecule has 0 spiro atoms. The first-order chi connectivity index (χ1) is 19.0. The molecular formula is C30H36FN3O5S. The summed E-state index contributed by atoms with van der Waals surface area (Å²) < 4.78 is 45.3. The molecule has 0 heterocycles. The van der Waals surface area contributed by atoms with E-state index in [0.717, 1.165) is 28.3 Å².